The molecule has 2 aromatic heterocycles. The molecule has 3 aromatic rings. The van der Waals surface area contributed by atoms with Crippen LogP contribution in [0.4, 0.5) is 0 Å². The highest BCUT2D eigenvalue weighted by Gasteiger charge is 2.41. The van der Waals surface area contributed by atoms with Gasteiger partial charge in [-0.25, -0.2) is 4.98 Å². The number of aromatic nitrogens is 4. The normalized spacial score (nSPS) is 21.3. The molecule has 7 nitrogen and oxygen atoms in total. The summed E-state index contributed by atoms with van der Waals surface area (Å²) in [4.78, 5) is 33.0. The van der Waals surface area contributed by atoms with E-state index in [9.17, 15) is 9.59 Å². The lowest BCUT2D eigenvalue weighted by Crippen LogP contribution is -2.42. The molecule has 27 heavy (non-hydrogen) atoms. The summed E-state index contributed by atoms with van der Waals surface area (Å²) in [5.41, 5.74) is 2.23. The van der Waals surface area contributed by atoms with Crippen LogP contribution < -0.4 is 5.56 Å². The Balaban J connectivity index is 1.59. The fourth-order valence-corrected chi connectivity index (χ4v) is 4.50. The van der Waals surface area contributed by atoms with Crippen molar-refractivity contribution >= 4 is 16.8 Å². The van der Waals surface area contributed by atoms with Gasteiger partial charge in [-0.15, -0.1) is 0 Å². The van der Waals surface area contributed by atoms with Gasteiger partial charge < -0.3 is 4.90 Å². The van der Waals surface area contributed by atoms with E-state index in [2.05, 4.69) is 5.10 Å². The fraction of sp³-hybridized carbons (Fsp3) is 0.400. The van der Waals surface area contributed by atoms with Gasteiger partial charge in [0.1, 0.15) is 5.82 Å². The molecule has 4 heterocycles. The predicted molar refractivity (Wildman–Crippen MR) is 101 cm³/mol. The summed E-state index contributed by atoms with van der Waals surface area (Å²) >= 11 is 0. The van der Waals surface area contributed by atoms with Crippen LogP contribution >= 0.6 is 0 Å². The highest BCUT2D eigenvalue weighted by molar-refractivity contribution is 5.95. The van der Waals surface area contributed by atoms with E-state index >= 15 is 0 Å². The van der Waals surface area contributed by atoms with Crippen molar-refractivity contribution in [2.45, 2.75) is 44.8 Å². The van der Waals surface area contributed by atoms with Gasteiger partial charge in [0.2, 0.25) is 0 Å². The molecular weight excluding hydrogens is 342 g/mol. The number of hydrogen-bond acceptors (Lipinski definition) is 4. The quantitative estimate of drug-likeness (QED) is 0.659. The Labute approximate surface area is 156 Å². The topological polar surface area (TPSA) is 73.0 Å². The molecule has 0 N–H and O–H groups in total. The van der Waals surface area contributed by atoms with Crippen molar-refractivity contribution in [1.29, 1.82) is 0 Å². The summed E-state index contributed by atoms with van der Waals surface area (Å²) in [7, 11) is 1.84. The van der Waals surface area contributed by atoms with E-state index in [0.717, 1.165) is 29.9 Å². The molecule has 0 spiro atoms. The van der Waals surface area contributed by atoms with E-state index in [1.165, 1.54) is 0 Å². The molecule has 2 aliphatic heterocycles. The molecule has 0 radical (unpaired) electrons. The van der Waals surface area contributed by atoms with E-state index in [1.807, 2.05) is 43.1 Å². The summed E-state index contributed by atoms with van der Waals surface area (Å²) in [6.07, 6.45) is 4.11. The first-order valence-corrected chi connectivity index (χ1v) is 9.34. The first-order valence-electron chi connectivity index (χ1n) is 9.34. The number of benzene rings is 1. The van der Waals surface area contributed by atoms with Crippen molar-refractivity contribution in [3.63, 3.8) is 0 Å². The number of para-hydroxylation sites is 1. The number of nitrogens with zero attached hydrogens (tertiary/aromatic N) is 5. The largest absolute Gasteiger partial charge is 0.330 e. The molecule has 1 amide bonds. The van der Waals surface area contributed by atoms with Crippen LogP contribution in [-0.4, -0.2) is 42.2 Å². The van der Waals surface area contributed by atoms with Crippen LogP contribution in [0, 0.1) is 6.92 Å². The minimum absolute atomic E-state index is 0.00638. The second-order valence-electron chi connectivity index (χ2n) is 7.53. The van der Waals surface area contributed by atoms with E-state index in [1.54, 1.807) is 15.4 Å². The average Bonchev–Trinajstić information content (AvgIpc) is 3.15. The molecule has 1 aromatic carbocycles. The smallest absolute Gasteiger partial charge is 0.261 e. The third-order valence-electron chi connectivity index (χ3n) is 6.07. The molecule has 2 bridgehead atoms. The van der Waals surface area contributed by atoms with E-state index in [0.29, 0.717) is 23.9 Å². The van der Waals surface area contributed by atoms with E-state index in [-0.39, 0.29) is 23.6 Å². The van der Waals surface area contributed by atoms with Gasteiger partial charge in [0.15, 0.2) is 0 Å². The maximum absolute atomic E-state index is 13.3. The molecule has 0 aliphatic carbocycles. The standard InChI is InChI=1S/C20H21N5O2/c1-12-16(10-21-23(12)2)20(27)25-13-7-8-14(25)11-24-18(9-13)22-17-6-4-3-5-15(17)19(24)26/h3-6,10,13-14H,7-9,11H2,1-2H3/t13-,14+/m1/s1. The lowest BCUT2D eigenvalue weighted by molar-refractivity contribution is 0.0665. The molecule has 2 atom stereocenters. The Bertz CT molecular complexity index is 1130. The number of aryl methyl sites for hydroxylation is 1. The van der Waals surface area contributed by atoms with Crippen LogP contribution in [0.5, 0.6) is 0 Å². The Kier molecular flexibility index (Phi) is 3.47. The number of rotatable bonds is 1. The van der Waals surface area contributed by atoms with Crippen molar-refractivity contribution in [2.24, 2.45) is 7.05 Å². The van der Waals surface area contributed by atoms with Crippen LogP contribution in [0.25, 0.3) is 10.9 Å². The summed E-state index contributed by atoms with van der Waals surface area (Å²) in [6.45, 7) is 2.42. The summed E-state index contributed by atoms with van der Waals surface area (Å²) in [5, 5.41) is 4.86. The zero-order valence-corrected chi connectivity index (χ0v) is 15.4. The second kappa shape index (κ2) is 5.77. The van der Waals surface area contributed by atoms with Gasteiger partial charge in [-0.05, 0) is 31.9 Å². The summed E-state index contributed by atoms with van der Waals surface area (Å²) in [6, 6.07) is 7.55. The number of carbonyl (C=O) groups excluding carboxylic acids is 1. The Morgan fingerprint density at radius 1 is 1.19 bits per heavy atom. The molecule has 0 unspecified atom stereocenters. The number of amides is 1. The maximum Gasteiger partial charge on any atom is 0.261 e. The van der Waals surface area contributed by atoms with Crippen LogP contribution in [0.3, 0.4) is 0 Å². The highest BCUT2D eigenvalue weighted by atomic mass is 16.2. The van der Waals surface area contributed by atoms with Gasteiger partial charge in [0, 0.05) is 31.7 Å². The van der Waals surface area contributed by atoms with Gasteiger partial charge in [0.25, 0.3) is 11.5 Å². The Morgan fingerprint density at radius 3 is 2.74 bits per heavy atom. The van der Waals surface area contributed by atoms with Gasteiger partial charge >= 0.3 is 0 Å². The molecule has 1 fully saturated rings. The van der Waals surface area contributed by atoms with E-state index in [4.69, 9.17) is 4.98 Å². The average molecular weight is 363 g/mol. The van der Waals surface area contributed by atoms with Crippen LogP contribution in [-0.2, 0) is 20.0 Å². The Hall–Kier alpha value is -2.96. The zero-order valence-electron chi connectivity index (χ0n) is 15.4. The minimum atomic E-state index is -0.00638. The first-order chi connectivity index (χ1) is 13.0. The van der Waals surface area contributed by atoms with E-state index < -0.39 is 0 Å². The molecule has 2 aliphatic rings. The lowest BCUT2D eigenvalue weighted by Gasteiger charge is -2.27. The zero-order chi connectivity index (χ0) is 18.7. The number of carbonyl (C=O) groups is 1. The van der Waals surface area contributed by atoms with Crippen LogP contribution in [0.2, 0.25) is 0 Å². The highest BCUT2D eigenvalue weighted by Crippen LogP contribution is 2.32. The van der Waals surface area contributed by atoms with Gasteiger partial charge in [-0.2, -0.15) is 5.10 Å². The van der Waals surface area contributed by atoms with Crippen molar-refractivity contribution < 1.29 is 4.79 Å². The SMILES string of the molecule is Cc1c(C(=O)N2[C@@H]3CC[C@H]2Cn2c(nc4ccccc4c2=O)C3)cnn1C. The molecule has 138 valence electrons. The van der Waals surface area contributed by atoms with Crippen molar-refractivity contribution in [1.82, 2.24) is 24.2 Å². The predicted octanol–water partition coefficient (Wildman–Crippen LogP) is 1.67. The first kappa shape index (κ1) is 16.2. The summed E-state index contributed by atoms with van der Waals surface area (Å²) < 4.78 is 3.50. The minimum Gasteiger partial charge on any atom is -0.330 e. The van der Waals surface area contributed by atoms with Gasteiger partial charge in [-0.1, -0.05) is 12.1 Å². The van der Waals surface area contributed by atoms with Crippen molar-refractivity contribution in [2.75, 3.05) is 0 Å². The van der Waals surface area contributed by atoms with Crippen molar-refractivity contribution in [3.8, 4) is 0 Å². The number of hydrogen-bond donors (Lipinski definition) is 0. The van der Waals surface area contributed by atoms with Crippen LogP contribution in [0.15, 0.2) is 35.3 Å². The lowest BCUT2D eigenvalue weighted by atomic mass is 10.1. The van der Waals surface area contributed by atoms with Crippen molar-refractivity contribution in [3.05, 3.63) is 57.9 Å². The monoisotopic (exact) mass is 363 g/mol. The fourth-order valence-electron chi connectivity index (χ4n) is 4.50. The van der Waals surface area contributed by atoms with Gasteiger partial charge in [-0.3, -0.25) is 18.8 Å². The molecule has 1 saturated heterocycles. The molecule has 5 rings (SSSR count). The molecule has 7 heteroatoms. The molecular formula is C20H21N5O2. The third-order valence-corrected chi connectivity index (χ3v) is 6.07. The summed E-state index contributed by atoms with van der Waals surface area (Å²) in [5.74, 6) is 0.796. The van der Waals surface area contributed by atoms with Gasteiger partial charge in [0.05, 0.1) is 28.7 Å². The third kappa shape index (κ3) is 2.34. The number of fused-ring (bicyclic) bond motifs is 4. The van der Waals surface area contributed by atoms with Crippen LogP contribution in [0.1, 0.15) is 34.7 Å². The Morgan fingerprint density at radius 2 is 1.96 bits per heavy atom. The molecule has 0 saturated carbocycles. The maximum atomic E-state index is 13.3. The second-order valence-corrected chi connectivity index (χ2v) is 7.53.